The first kappa shape index (κ1) is 18.9. The number of ether oxygens (including phenoxy) is 1. The summed E-state index contributed by atoms with van der Waals surface area (Å²) in [5.41, 5.74) is 2.45. The number of H-pyrrole nitrogens is 1. The number of anilines is 1. The van der Waals surface area contributed by atoms with Gasteiger partial charge in [-0.1, -0.05) is 0 Å². The van der Waals surface area contributed by atoms with Crippen molar-refractivity contribution in [2.24, 2.45) is 5.92 Å². The predicted octanol–water partition coefficient (Wildman–Crippen LogP) is 3.04. The van der Waals surface area contributed by atoms with Crippen molar-refractivity contribution in [3.05, 3.63) is 28.4 Å². The molecule has 7 heteroatoms. The number of rotatable bonds is 5. The molecule has 1 N–H and O–H groups in total. The molecule has 2 atom stereocenters. The molecular weight excluding hydrogens is 396 g/mol. The first-order valence-electron chi connectivity index (χ1n) is 8.67. The lowest BCUT2D eigenvalue weighted by atomic mass is 9.95. The molecular formula is C19H23BrN4O2. The zero-order valence-corrected chi connectivity index (χ0v) is 16.8. The molecule has 26 heavy (non-hydrogen) atoms. The minimum Gasteiger partial charge on any atom is -0.378 e. The quantitative estimate of drug-likeness (QED) is 0.755. The van der Waals surface area contributed by atoms with Crippen molar-refractivity contribution >= 4 is 38.3 Å². The second-order valence-electron chi connectivity index (χ2n) is 6.85. The van der Waals surface area contributed by atoms with E-state index in [0.717, 1.165) is 34.2 Å². The molecule has 1 fully saturated rings. The van der Waals surface area contributed by atoms with Crippen LogP contribution in [0.4, 0.5) is 5.69 Å². The van der Waals surface area contributed by atoms with Gasteiger partial charge in [-0.25, -0.2) is 0 Å². The summed E-state index contributed by atoms with van der Waals surface area (Å²) in [7, 11) is 3.75. The molecule has 2 unspecified atom stereocenters. The number of hydrogen-bond acceptors (Lipinski definition) is 5. The average Bonchev–Trinajstić information content (AvgIpc) is 3.04. The van der Waals surface area contributed by atoms with E-state index in [-0.39, 0.29) is 11.8 Å². The van der Waals surface area contributed by atoms with Gasteiger partial charge in [-0.05, 0) is 55.1 Å². The number of ketones is 1. The summed E-state index contributed by atoms with van der Waals surface area (Å²) in [6.07, 6.45) is 0. The molecule has 1 aromatic heterocycles. The fourth-order valence-electron chi connectivity index (χ4n) is 3.17. The summed E-state index contributed by atoms with van der Waals surface area (Å²) in [5.74, 6) is -0.880. The molecule has 1 saturated heterocycles. The van der Waals surface area contributed by atoms with Crippen LogP contribution in [0.2, 0.25) is 0 Å². The largest absolute Gasteiger partial charge is 0.378 e. The Hall–Kier alpha value is -1.88. The third-order valence-electron chi connectivity index (χ3n) is 5.02. The van der Waals surface area contributed by atoms with Crippen LogP contribution in [0.5, 0.6) is 0 Å². The number of Topliss-reactive ketones (excluding diaryl/α,β-unsaturated/α-hetero) is 1. The van der Waals surface area contributed by atoms with Crippen LogP contribution in [-0.4, -0.2) is 62.1 Å². The highest BCUT2D eigenvalue weighted by atomic mass is 79.9. The van der Waals surface area contributed by atoms with E-state index in [2.05, 4.69) is 37.9 Å². The highest BCUT2D eigenvalue weighted by Gasteiger charge is 2.28. The second-order valence-corrected chi connectivity index (χ2v) is 7.70. The Labute approximate surface area is 161 Å². The number of hydrogen-bond donors (Lipinski definition) is 1. The molecule has 0 aliphatic carbocycles. The van der Waals surface area contributed by atoms with Crippen LogP contribution in [-0.2, 0) is 4.74 Å². The standard InChI is InChI=1S/C19H23BrN4O2/c1-12(23(2)3)14(11-21)19(25)17-8-13-9-18(15(20)10-16(13)22-17)24-4-6-26-7-5-24/h8-10,12,14,22H,4-7H2,1-3H3. The Morgan fingerprint density at radius 3 is 2.65 bits per heavy atom. The van der Waals surface area contributed by atoms with Crippen LogP contribution in [0.1, 0.15) is 17.4 Å². The molecule has 0 bridgehead atoms. The Kier molecular flexibility index (Phi) is 5.66. The number of aromatic nitrogens is 1. The number of benzene rings is 1. The summed E-state index contributed by atoms with van der Waals surface area (Å²) >= 11 is 3.64. The number of morpholine rings is 1. The molecule has 138 valence electrons. The topological polar surface area (TPSA) is 72.4 Å². The SMILES string of the molecule is CC(C(C#N)C(=O)c1cc2cc(N3CCOCC3)c(Br)cc2[nH]1)N(C)C. The zero-order chi connectivity index (χ0) is 18.8. The van der Waals surface area contributed by atoms with E-state index >= 15 is 0 Å². The maximum absolute atomic E-state index is 12.8. The number of nitrogens with one attached hydrogen (secondary N) is 1. The summed E-state index contributed by atoms with van der Waals surface area (Å²) in [6, 6.07) is 7.92. The van der Waals surface area contributed by atoms with Gasteiger partial charge < -0.3 is 19.5 Å². The molecule has 0 spiro atoms. The Bertz CT molecular complexity index is 849. The molecule has 0 radical (unpaired) electrons. The van der Waals surface area contributed by atoms with Gasteiger partial charge in [0.25, 0.3) is 0 Å². The van der Waals surface area contributed by atoms with Gasteiger partial charge >= 0.3 is 0 Å². The van der Waals surface area contributed by atoms with E-state index in [4.69, 9.17) is 4.74 Å². The first-order chi connectivity index (χ1) is 12.4. The predicted molar refractivity (Wildman–Crippen MR) is 106 cm³/mol. The van der Waals surface area contributed by atoms with Crippen LogP contribution >= 0.6 is 15.9 Å². The summed E-state index contributed by atoms with van der Waals surface area (Å²) in [5, 5.41) is 10.4. The third-order valence-corrected chi connectivity index (χ3v) is 5.66. The molecule has 6 nitrogen and oxygen atoms in total. The number of nitriles is 1. The van der Waals surface area contributed by atoms with Gasteiger partial charge in [-0.15, -0.1) is 0 Å². The summed E-state index contributed by atoms with van der Waals surface area (Å²) < 4.78 is 6.40. The van der Waals surface area contributed by atoms with E-state index in [1.165, 1.54) is 0 Å². The Morgan fingerprint density at radius 1 is 1.35 bits per heavy atom. The number of nitrogens with zero attached hydrogens (tertiary/aromatic N) is 3. The van der Waals surface area contributed by atoms with E-state index < -0.39 is 5.92 Å². The molecule has 2 heterocycles. The summed E-state index contributed by atoms with van der Waals surface area (Å²) in [6.45, 7) is 5.01. The number of carbonyl (C=O) groups excluding carboxylic acids is 1. The number of fused-ring (bicyclic) bond motifs is 1. The minimum atomic E-state index is -0.708. The molecule has 1 aliphatic heterocycles. The van der Waals surface area contributed by atoms with Crippen molar-refractivity contribution in [1.82, 2.24) is 9.88 Å². The first-order valence-corrected chi connectivity index (χ1v) is 9.47. The lowest BCUT2D eigenvalue weighted by Gasteiger charge is -2.29. The van der Waals surface area contributed by atoms with Gasteiger partial charge in [-0.3, -0.25) is 4.79 Å². The normalized spacial score (nSPS) is 17.3. The highest BCUT2D eigenvalue weighted by Crippen LogP contribution is 2.32. The van der Waals surface area contributed by atoms with E-state index in [1.807, 2.05) is 38.1 Å². The Balaban J connectivity index is 1.94. The van der Waals surface area contributed by atoms with Crippen LogP contribution in [0, 0.1) is 17.2 Å². The van der Waals surface area contributed by atoms with Crippen LogP contribution < -0.4 is 4.90 Å². The van der Waals surface area contributed by atoms with Crippen molar-refractivity contribution in [2.45, 2.75) is 13.0 Å². The Morgan fingerprint density at radius 2 is 2.04 bits per heavy atom. The lowest BCUT2D eigenvalue weighted by Crippen LogP contribution is -2.36. The zero-order valence-electron chi connectivity index (χ0n) is 15.3. The number of aromatic amines is 1. The van der Waals surface area contributed by atoms with Gasteiger partial charge in [0.15, 0.2) is 5.78 Å². The monoisotopic (exact) mass is 418 g/mol. The lowest BCUT2D eigenvalue weighted by molar-refractivity contribution is 0.0892. The molecule has 3 rings (SSSR count). The number of carbonyl (C=O) groups is 1. The summed E-state index contributed by atoms with van der Waals surface area (Å²) in [4.78, 5) is 20.2. The van der Waals surface area contributed by atoms with Gasteiger partial charge in [0, 0.05) is 34.5 Å². The van der Waals surface area contributed by atoms with Crippen molar-refractivity contribution in [1.29, 1.82) is 5.26 Å². The van der Waals surface area contributed by atoms with E-state index in [1.54, 1.807) is 0 Å². The average molecular weight is 419 g/mol. The van der Waals surface area contributed by atoms with Crippen molar-refractivity contribution in [3.63, 3.8) is 0 Å². The van der Waals surface area contributed by atoms with Crippen molar-refractivity contribution in [2.75, 3.05) is 45.3 Å². The fourth-order valence-corrected chi connectivity index (χ4v) is 3.77. The third kappa shape index (κ3) is 3.63. The molecule has 1 aliphatic rings. The van der Waals surface area contributed by atoms with Gasteiger partial charge in [-0.2, -0.15) is 5.26 Å². The van der Waals surface area contributed by atoms with Gasteiger partial charge in [0.05, 0.1) is 30.7 Å². The molecule has 0 saturated carbocycles. The van der Waals surface area contributed by atoms with Crippen molar-refractivity contribution < 1.29 is 9.53 Å². The molecule has 0 amide bonds. The fraction of sp³-hybridized carbons (Fsp3) is 0.474. The second kappa shape index (κ2) is 7.78. The number of halogens is 1. The van der Waals surface area contributed by atoms with E-state index in [0.29, 0.717) is 18.9 Å². The maximum atomic E-state index is 12.8. The molecule has 2 aromatic rings. The minimum absolute atomic E-state index is 0.158. The molecule has 1 aromatic carbocycles. The van der Waals surface area contributed by atoms with E-state index in [9.17, 15) is 10.1 Å². The van der Waals surface area contributed by atoms with Crippen LogP contribution in [0.15, 0.2) is 22.7 Å². The van der Waals surface area contributed by atoms with Crippen molar-refractivity contribution in [3.8, 4) is 6.07 Å². The van der Waals surface area contributed by atoms with Crippen LogP contribution in [0.3, 0.4) is 0 Å². The van der Waals surface area contributed by atoms with Gasteiger partial charge in [0.1, 0.15) is 5.92 Å². The maximum Gasteiger partial charge on any atom is 0.197 e. The van der Waals surface area contributed by atoms with Gasteiger partial charge in [0.2, 0.25) is 0 Å². The smallest absolute Gasteiger partial charge is 0.197 e. The highest BCUT2D eigenvalue weighted by molar-refractivity contribution is 9.10. The van der Waals surface area contributed by atoms with Crippen LogP contribution in [0.25, 0.3) is 10.9 Å².